The van der Waals surface area contributed by atoms with E-state index in [2.05, 4.69) is 15.9 Å². The first-order chi connectivity index (χ1) is 5.54. The van der Waals surface area contributed by atoms with E-state index in [1.165, 1.54) is 0 Å². The van der Waals surface area contributed by atoms with Crippen LogP contribution in [-0.2, 0) is 0 Å². The average molecular weight is 253 g/mol. The normalized spacial score (nSPS) is 10.1. The zero-order valence-corrected chi connectivity index (χ0v) is 9.08. The van der Waals surface area contributed by atoms with Gasteiger partial charge in [-0.25, -0.2) is 4.39 Å². The first-order valence-electron chi connectivity index (χ1n) is 3.35. The third kappa shape index (κ3) is 1.72. The van der Waals surface area contributed by atoms with Crippen molar-refractivity contribution in [2.75, 3.05) is 19.0 Å². The van der Waals surface area contributed by atoms with Crippen LogP contribution in [0, 0.1) is 5.82 Å². The summed E-state index contributed by atoms with van der Waals surface area (Å²) in [6, 6.07) is 3.39. The minimum absolute atomic E-state index is 0.126. The highest BCUT2D eigenvalue weighted by molar-refractivity contribution is 9.10. The van der Waals surface area contributed by atoms with E-state index in [9.17, 15) is 4.39 Å². The predicted molar refractivity (Wildman–Crippen MR) is 53.4 cm³/mol. The summed E-state index contributed by atoms with van der Waals surface area (Å²) in [5, 5.41) is 0.126. The van der Waals surface area contributed by atoms with E-state index in [1.54, 1.807) is 31.1 Å². The molecular formula is C8H8BrClFN. The fraction of sp³-hybridized carbons (Fsp3) is 0.250. The summed E-state index contributed by atoms with van der Waals surface area (Å²) < 4.78 is 13.9. The van der Waals surface area contributed by atoms with E-state index in [0.29, 0.717) is 10.2 Å². The maximum atomic E-state index is 13.3. The Labute approximate surface area is 84.3 Å². The van der Waals surface area contributed by atoms with Crippen molar-refractivity contribution in [3.8, 4) is 0 Å². The van der Waals surface area contributed by atoms with E-state index in [1.807, 2.05) is 0 Å². The molecule has 0 atom stereocenters. The summed E-state index contributed by atoms with van der Waals surface area (Å²) in [7, 11) is 3.53. The predicted octanol–water partition coefficient (Wildman–Crippen LogP) is 3.31. The molecule has 4 heteroatoms. The summed E-state index contributed by atoms with van der Waals surface area (Å²) in [4.78, 5) is 1.67. The highest BCUT2D eigenvalue weighted by Gasteiger charge is 2.10. The van der Waals surface area contributed by atoms with Crippen LogP contribution in [0.25, 0.3) is 0 Å². The molecule has 66 valence electrons. The van der Waals surface area contributed by atoms with Gasteiger partial charge in [-0.3, -0.25) is 0 Å². The molecule has 0 spiro atoms. The molecule has 1 rings (SSSR count). The van der Waals surface area contributed by atoms with Crippen LogP contribution < -0.4 is 4.90 Å². The monoisotopic (exact) mass is 251 g/mol. The third-order valence-electron chi connectivity index (χ3n) is 1.50. The molecule has 1 aromatic rings. The van der Waals surface area contributed by atoms with Gasteiger partial charge in [-0.05, 0) is 28.1 Å². The summed E-state index contributed by atoms with van der Waals surface area (Å²) in [6.45, 7) is 0. The van der Waals surface area contributed by atoms with E-state index in [0.717, 1.165) is 0 Å². The number of hydrogen-bond donors (Lipinski definition) is 0. The van der Waals surface area contributed by atoms with Gasteiger partial charge in [0.1, 0.15) is 0 Å². The Morgan fingerprint density at radius 1 is 1.42 bits per heavy atom. The molecule has 0 saturated carbocycles. The largest absolute Gasteiger partial charge is 0.375 e. The molecule has 0 aliphatic rings. The zero-order valence-electron chi connectivity index (χ0n) is 6.74. The minimum Gasteiger partial charge on any atom is -0.375 e. The van der Waals surface area contributed by atoms with Crippen LogP contribution in [0.4, 0.5) is 10.1 Å². The van der Waals surface area contributed by atoms with Crippen molar-refractivity contribution in [2.24, 2.45) is 0 Å². The van der Waals surface area contributed by atoms with Gasteiger partial charge in [0.2, 0.25) is 0 Å². The summed E-state index contributed by atoms with van der Waals surface area (Å²) in [5.41, 5.74) is 0.489. The van der Waals surface area contributed by atoms with Crippen LogP contribution in [0.2, 0.25) is 5.02 Å². The van der Waals surface area contributed by atoms with Gasteiger partial charge in [-0.15, -0.1) is 0 Å². The van der Waals surface area contributed by atoms with Gasteiger partial charge in [0.15, 0.2) is 5.82 Å². The van der Waals surface area contributed by atoms with Crippen molar-refractivity contribution in [2.45, 2.75) is 0 Å². The summed E-state index contributed by atoms with van der Waals surface area (Å²) >= 11 is 8.82. The van der Waals surface area contributed by atoms with Crippen molar-refractivity contribution in [1.29, 1.82) is 0 Å². The molecule has 0 bridgehead atoms. The van der Waals surface area contributed by atoms with Crippen LogP contribution >= 0.6 is 27.5 Å². The van der Waals surface area contributed by atoms with Crippen molar-refractivity contribution >= 4 is 33.2 Å². The molecule has 0 aromatic heterocycles. The number of rotatable bonds is 1. The molecule has 0 amide bonds. The molecule has 0 N–H and O–H groups in total. The molecule has 0 saturated heterocycles. The van der Waals surface area contributed by atoms with E-state index < -0.39 is 5.82 Å². The van der Waals surface area contributed by atoms with Crippen LogP contribution in [0.1, 0.15) is 0 Å². The average Bonchev–Trinajstić information content (AvgIpc) is 2.00. The molecule has 1 nitrogen and oxygen atoms in total. The lowest BCUT2D eigenvalue weighted by molar-refractivity contribution is 0.626. The van der Waals surface area contributed by atoms with Gasteiger partial charge in [-0.1, -0.05) is 11.6 Å². The number of nitrogens with zero attached hydrogens (tertiary/aromatic N) is 1. The Morgan fingerprint density at radius 3 is 2.50 bits per heavy atom. The molecule has 0 unspecified atom stereocenters. The van der Waals surface area contributed by atoms with Crippen molar-refractivity contribution < 1.29 is 4.39 Å². The number of halogens is 3. The minimum atomic E-state index is -0.393. The second kappa shape index (κ2) is 3.62. The smallest absolute Gasteiger partial charge is 0.166 e. The Morgan fingerprint density at radius 2 is 2.00 bits per heavy atom. The standard InChI is InChI=1S/C8H8BrClFN/c1-12(2)6-4-3-5(9)7(10)8(6)11/h3-4H,1-2H3. The van der Waals surface area contributed by atoms with E-state index in [4.69, 9.17) is 11.6 Å². The number of hydrogen-bond acceptors (Lipinski definition) is 1. The third-order valence-corrected chi connectivity index (χ3v) is 2.76. The molecule has 0 heterocycles. The Kier molecular flexibility index (Phi) is 2.96. The second-order valence-electron chi connectivity index (χ2n) is 2.59. The van der Waals surface area contributed by atoms with E-state index in [-0.39, 0.29) is 5.02 Å². The molecule has 12 heavy (non-hydrogen) atoms. The van der Waals surface area contributed by atoms with Gasteiger partial charge in [0, 0.05) is 18.6 Å². The molecule has 0 aliphatic carbocycles. The van der Waals surface area contributed by atoms with Gasteiger partial charge in [-0.2, -0.15) is 0 Å². The van der Waals surface area contributed by atoms with Crippen molar-refractivity contribution in [1.82, 2.24) is 0 Å². The topological polar surface area (TPSA) is 3.24 Å². The van der Waals surface area contributed by atoms with Gasteiger partial charge >= 0.3 is 0 Å². The number of benzene rings is 1. The Hall–Kier alpha value is -0.280. The quantitative estimate of drug-likeness (QED) is 0.693. The highest BCUT2D eigenvalue weighted by Crippen LogP contribution is 2.31. The molecular weight excluding hydrogens is 244 g/mol. The molecule has 0 fully saturated rings. The van der Waals surface area contributed by atoms with Gasteiger partial charge < -0.3 is 4.90 Å². The highest BCUT2D eigenvalue weighted by atomic mass is 79.9. The van der Waals surface area contributed by atoms with Crippen molar-refractivity contribution in [3.05, 3.63) is 27.4 Å². The van der Waals surface area contributed by atoms with Crippen molar-refractivity contribution in [3.63, 3.8) is 0 Å². The first-order valence-corrected chi connectivity index (χ1v) is 4.52. The van der Waals surface area contributed by atoms with Crippen LogP contribution in [0.5, 0.6) is 0 Å². The summed E-state index contributed by atoms with van der Waals surface area (Å²) in [5.74, 6) is -0.393. The maximum Gasteiger partial charge on any atom is 0.166 e. The fourth-order valence-corrected chi connectivity index (χ4v) is 1.33. The zero-order chi connectivity index (χ0) is 9.30. The molecule has 0 aliphatic heterocycles. The first kappa shape index (κ1) is 9.81. The van der Waals surface area contributed by atoms with Gasteiger partial charge in [0.25, 0.3) is 0 Å². The van der Waals surface area contributed by atoms with Crippen LogP contribution in [0.15, 0.2) is 16.6 Å². The van der Waals surface area contributed by atoms with Crippen LogP contribution in [-0.4, -0.2) is 14.1 Å². The SMILES string of the molecule is CN(C)c1ccc(Br)c(Cl)c1F. The lowest BCUT2D eigenvalue weighted by atomic mass is 10.3. The molecule has 0 radical (unpaired) electrons. The maximum absolute atomic E-state index is 13.3. The summed E-state index contributed by atoms with van der Waals surface area (Å²) in [6.07, 6.45) is 0. The second-order valence-corrected chi connectivity index (χ2v) is 3.82. The Balaban J connectivity index is 3.27. The lowest BCUT2D eigenvalue weighted by Crippen LogP contribution is -2.10. The van der Waals surface area contributed by atoms with Gasteiger partial charge in [0.05, 0.1) is 10.7 Å². The number of anilines is 1. The fourth-order valence-electron chi connectivity index (χ4n) is 0.861. The van der Waals surface area contributed by atoms with E-state index >= 15 is 0 Å². The lowest BCUT2D eigenvalue weighted by Gasteiger charge is -2.14. The molecule has 1 aromatic carbocycles. The van der Waals surface area contributed by atoms with Crippen LogP contribution in [0.3, 0.4) is 0 Å². The Bertz CT molecular complexity index is 301.